The summed E-state index contributed by atoms with van der Waals surface area (Å²) in [5.41, 5.74) is 12.2. The van der Waals surface area contributed by atoms with Gasteiger partial charge in [-0.1, -0.05) is 133 Å². The average Bonchev–Trinajstić information content (AvgIpc) is 4.13. The third-order valence-electron chi connectivity index (χ3n) is 14.1. The van der Waals surface area contributed by atoms with Crippen molar-refractivity contribution in [2.24, 2.45) is 0 Å². The molecule has 66 heavy (non-hydrogen) atoms. The van der Waals surface area contributed by atoms with Gasteiger partial charge < -0.3 is 9.13 Å². The minimum absolute atomic E-state index is 1.17. The highest BCUT2D eigenvalue weighted by Crippen LogP contribution is 2.49. The summed E-state index contributed by atoms with van der Waals surface area (Å²) in [5, 5.41) is 15.5. The Kier molecular flexibility index (Phi) is 7.57. The van der Waals surface area contributed by atoms with Crippen molar-refractivity contribution in [2.75, 3.05) is 0 Å². The van der Waals surface area contributed by atoms with E-state index in [-0.39, 0.29) is 0 Å². The predicted octanol–water partition coefficient (Wildman–Crippen LogP) is 18.3. The molecule has 4 aromatic heterocycles. The van der Waals surface area contributed by atoms with E-state index in [1.807, 2.05) is 22.7 Å². The monoisotopic (exact) mass is 872 g/mol. The second-order valence-corrected chi connectivity index (χ2v) is 19.7. The molecule has 0 spiro atoms. The maximum absolute atomic E-state index is 2.48. The SMILES string of the molecule is c1ccc(-n2c3ccc(-c4c5ccccc5c(-c5ccc6c(c5)c5c7c(ccc5n6-c5ccccc5)sc5ccccc57)c5ccccc45)cc3c3c4c(ccc32)sc2ccccc24)cc1. The quantitative estimate of drug-likeness (QED) is 0.156. The molecule has 0 aliphatic carbocycles. The van der Waals surface area contributed by atoms with Crippen LogP contribution in [0.3, 0.4) is 0 Å². The van der Waals surface area contributed by atoms with E-state index in [1.165, 1.54) is 139 Å². The standard InChI is InChI=1S/C62H36N2S2/c1-3-15-39(16-4-1)63-49-29-27-37(35-47(49)59-51(63)31-33-55-61(59)45-23-11-13-25-53(45)65-55)57-41-19-7-9-21-43(41)58(44-22-10-8-20-42(44)57)38-28-30-50-48(36-38)60-52(64(50)40-17-5-2-6-18-40)32-34-56-62(60)46-24-12-14-26-54(46)66-56/h1-36H. The van der Waals surface area contributed by atoms with E-state index in [2.05, 4.69) is 228 Å². The molecule has 4 heterocycles. The number of thiophene rings is 2. The van der Waals surface area contributed by atoms with Gasteiger partial charge in [-0.25, -0.2) is 0 Å². The summed E-state index contributed by atoms with van der Waals surface area (Å²) in [5.74, 6) is 0. The van der Waals surface area contributed by atoms with Crippen molar-refractivity contribution in [3.05, 3.63) is 218 Å². The van der Waals surface area contributed by atoms with E-state index in [0.29, 0.717) is 0 Å². The fourth-order valence-electron chi connectivity index (χ4n) is 11.4. The van der Waals surface area contributed by atoms with Gasteiger partial charge in [-0.2, -0.15) is 0 Å². The van der Waals surface area contributed by atoms with Crippen LogP contribution in [0.2, 0.25) is 0 Å². The molecule has 0 unspecified atom stereocenters. The summed E-state index contributed by atoms with van der Waals surface area (Å²) in [4.78, 5) is 0. The van der Waals surface area contributed by atoms with Crippen LogP contribution in [0, 0.1) is 0 Å². The molecule has 0 aliphatic rings. The number of para-hydroxylation sites is 2. The first kappa shape index (κ1) is 36.3. The van der Waals surface area contributed by atoms with Crippen LogP contribution in [-0.2, 0) is 0 Å². The van der Waals surface area contributed by atoms with Crippen LogP contribution in [0.25, 0.3) is 139 Å². The van der Waals surface area contributed by atoms with Crippen LogP contribution in [0.15, 0.2) is 218 Å². The van der Waals surface area contributed by atoms with Gasteiger partial charge in [0.25, 0.3) is 0 Å². The molecule has 0 amide bonds. The molecule has 0 N–H and O–H groups in total. The molecule has 0 bridgehead atoms. The van der Waals surface area contributed by atoms with E-state index in [1.54, 1.807) is 0 Å². The van der Waals surface area contributed by atoms with Gasteiger partial charge in [0.2, 0.25) is 0 Å². The number of nitrogens with zero attached hydrogens (tertiary/aromatic N) is 2. The van der Waals surface area contributed by atoms with Crippen molar-refractivity contribution in [1.29, 1.82) is 0 Å². The van der Waals surface area contributed by atoms with Crippen molar-refractivity contribution in [1.82, 2.24) is 9.13 Å². The highest BCUT2D eigenvalue weighted by Gasteiger charge is 2.23. The van der Waals surface area contributed by atoms with E-state index in [9.17, 15) is 0 Å². The van der Waals surface area contributed by atoms with Crippen LogP contribution in [0.5, 0.6) is 0 Å². The van der Waals surface area contributed by atoms with Crippen LogP contribution in [-0.4, -0.2) is 9.13 Å². The maximum Gasteiger partial charge on any atom is 0.0548 e. The van der Waals surface area contributed by atoms with Crippen LogP contribution < -0.4 is 0 Å². The molecule has 306 valence electrons. The van der Waals surface area contributed by atoms with Gasteiger partial charge in [-0.15, -0.1) is 22.7 Å². The normalized spacial score (nSPS) is 12.2. The van der Waals surface area contributed by atoms with Gasteiger partial charge in [0.15, 0.2) is 0 Å². The minimum Gasteiger partial charge on any atom is -0.309 e. The Labute approximate surface area is 387 Å². The highest BCUT2D eigenvalue weighted by atomic mass is 32.1. The number of benzene rings is 11. The minimum atomic E-state index is 1.17. The molecule has 15 aromatic rings. The summed E-state index contributed by atoms with van der Waals surface area (Å²) >= 11 is 3.77. The van der Waals surface area contributed by atoms with Gasteiger partial charge in [0.1, 0.15) is 0 Å². The molecule has 11 aromatic carbocycles. The molecule has 0 radical (unpaired) electrons. The van der Waals surface area contributed by atoms with Gasteiger partial charge in [-0.05, 0) is 129 Å². The summed E-state index contributed by atoms with van der Waals surface area (Å²) < 4.78 is 10.2. The summed E-state index contributed by atoms with van der Waals surface area (Å²) in [6.45, 7) is 0. The predicted molar refractivity (Wildman–Crippen MR) is 287 cm³/mol. The fraction of sp³-hybridized carbons (Fsp3) is 0. The first-order valence-corrected chi connectivity index (χ1v) is 24.2. The first-order valence-electron chi connectivity index (χ1n) is 22.6. The van der Waals surface area contributed by atoms with Crippen molar-refractivity contribution in [2.45, 2.75) is 0 Å². The Balaban J connectivity index is 1.03. The molecule has 0 saturated heterocycles. The van der Waals surface area contributed by atoms with Crippen LogP contribution in [0.4, 0.5) is 0 Å². The Morgan fingerprint density at radius 3 is 1.00 bits per heavy atom. The molecule has 0 aliphatic heterocycles. The van der Waals surface area contributed by atoms with Gasteiger partial charge in [0.05, 0.1) is 22.1 Å². The molecular weight excluding hydrogens is 837 g/mol. The lowest BCUT2D eigenvalue weighted by molar-refractivity contribution is 1.18. The smallest absolute Gasteiger partial charge is 0.0548 e. The lowest BCUT2D eigenvalue weighted by Gasteiger charge is -2.18. The van der Waals surface area contributed by atoms with Crippen LogP contribution in [0.1, 0.15) is 0 Å². The average molecular weight is 873 g/mol. The van der Waals surface area contributed by atoms with Gasteiger partial charge in [-0.3, -0.25) is 0 Å². The summed E-state index contributed by atoms with van der Waals surface area (Å²) in [7, 11) is 0. The molecule has 0 saturated carbocycles. The molecule has 15 rings (SSSR count). The largest absolute Gasteiger partial charge is 0.309 e. The Hall–Kier alpha value is -8.02. The Bertz CT molecular complexity index is 4160. The van der Waals surface area contributed by atoms with E-state index < -0.39 is 0 Å². The lowest BCUT2D eigenvalue weighted by Crippen LogP contribution is -1.94. The lowest BCUT2D eigenvalue weighted by atomic mass is 9.85. The second kappa shape index (κ2) is 13.7. The number of hydrogen-bond donors (Lipinski definition) is 0. The Morgan fingerprint density at radius 2 is 0.591 bits per heavy atom. The summed E-state index contributed by atoms with van der Waals surface area (Å²) in [6, 6.07) is 81.4. The topological polar surface area (TPSA) is 9.86 Å². The zero-order valence-electron chi connectivity index (χ0n) is 35.5. The third kappa shape index (κ3) is 5.00. The van der Waals surface area contributed by atoms with Gasteiger partial charge in [0, 0.05) is 73.3 Å². The fourth-order valence-corrected chi connectivity index (χ4v) is 13.7. The van der Waals surface area contributed by atoms with Crippen molar-refractivity contribution < 1.29 is 0 Å². The molecule has 2 nitrogen and oxygen atoms in total. The number of fused-ring (bicyclic) bond motifs is 16. The number of aromatic nitrogens is 2. The summed E-state index contributed by atoms with van der Waals surface area (Å²) in [6.07, 6.45) is 0. The van der Waals surface area contributed by atoms with Crippen molar-refractivity contribution >= 4 is 128 Å². The maximum atomic E-state index is 2.48. The van der Waals surface area contributed by atoms with Crippen molar-refractivity contribution in [3.63, 3.8) is 0 Å². The molecule has 0 atom stereocenters. The molecule has 0 fully saturated rings. The second-order valence-electron chi connectivity index (χ2n) is 17.5. The van der Waals surface area contributed by atoms with E-state index >= 15 is 0 Å². The Morgan fingerprint density at radius 1 is 0.242 bits per heavy atom. The van der Waals surface area contributed by atoms with E-state index in [4.69, 9.17) is 0 Å². The van der Waals surface area contributed by atoms with Gasteiger partial charge >= 0.3 is 0 Å². The zero-order chi connectivity index (χ0) is 43.0. The van der Waals surface area contributed by atoms with Crippen molar-refractivity contribution in [3.8, 4) is 33.6 Å². The highest BCUT2D eigenvalue weighted by molar-refractivity contribution is 7.26. The van der Waals surface area contributed by atoms with E-state index in [0.717, 1.165) is 0 Å². The zero-order valence-corrected chi connectivity index (χ0v) is 37.1. The number of hydrogen-bond acceptors (Lipinski definition) is 2. The third-order valence-corrected chi connectivity index (χ3v) is 16.3. The molecule has 4 heteroatoms. The first-order chi connectivity index (χ1) is 32.8. The van der Waals surface area contributed by atoms with Crippen LogP contribution >= 0.6 is 22.7 Å². The number of rotatable bonds is 4. The molecular formula is C62H36N2S2.